The molecule has 0 unspecified atom stereocenters. The molecule has 0 heterocycles. The number of ether oxygens (including phenoxy) is 2. The van der Waals surface area contributed by atoms with Crippen molar-refractivity contribution in [2.75, 3.05) is 25.1 Å². The lowest BCUT2D eigenvalue weighted by Gasteiger charge is -2.11. The third kappa shape index (κ3) is 7.96. The second kappa shape index (κ2) is 11.4. The number of carbonyl (C=O) groups is 2. The molecule has 0 spiro atoms. The number of carbonyl (C=O) groups excluding carboxylic acids is 2. The SMILES string of the molecule is CCOCCOc1cccc(C(=O)NC(=S)Nc2ccc(S(=O)(=O)NC(C)=O)cc2)c1. The van der Waals surface area contributed by atoms with Gasteiger partial charge in [0.15, 0.2) is 5.11 Å². The average Bonchev–Trinajstić information content (AvgIpc) is 2.71. The van der Waals surface area contributed by atoms with E-state index in [1.807, 2.05) is 11.6 Å². The van der Waals surface area contributed by atoms with Gasteiger partial charge in [-0.15, -0.1) is 0 Å². The molecule has 0 aliphatic heterocycles. The molecule has 9 nitrogen and oxygen atoms in total. The summed E-state index contributed by atoms with van der Waals surface area (Å²) >= 11 is 5.14. The van der Waals surface area contributed by atoms with Crippen molar-refractivity contribution in [1.29, 1.82) is 0 Å². The lowest BCUT2D eigenvalue weighted by molar-refractivity contribution is -0.117. The summed E-state index contributed by atoms with van der Waals surface area (Å²) < 4.78 is 36.5. The smallest absolute Gasteiger partial charge is 0.264 e. The number of nitrogens with one attached hydrogen (secondary N) is 3. The Labute approximate surface area is 186 Å². The third-order valence-corrected chi connectivity index (χ3v) is 5.38. The van der Waals surface area contributed by atoms with Gasteiger partial charge < -0.3 is 14.8 Å². The molecule has 0 aliphatic rings. The van der Waals surface area contributed by atoms with Crippen molar-refractivity contribution in [2.24, 2.45) is 0 Å². The number of rotatable bonds is 9. The summed E-state index contributed by atoms with van der Waals surface area (Å²) in [5.74, 6) is -0.588. The van der Waals surface area contributed by atoms with E-state index in [1.165, 1.54) is 24.3 Å². The van der Waals surface area contributed by atoms with Crippen LogP contribution in [0.1, 0.15) is 24.2 Å². The second-order valence-corrected chi connectivity index (χ2v) is 8.26. The Morgan fingerprint density at radius 3 is 2.42 bits per heavy atom. The van der Waals surface area contributed by atoms with E-state index < -0.39 is 21.8 Å². The maximum Gasteiger partial charge on any atom is 0.264 e. The van der Waals surface area contributed by atoms with Crippen molar-refractivity contribution in [3.05, 3.63) is 54.1 Å². The Bertz CT molecular complexity index is 1040. The lowest BCUT2D eigenvalue weighted by Crippen LogP contribution is -2.34. The molecule has 0 atom stereocenters. The maximum atomic E-state index is 12.4. The van der Waals surface area contributed by atoms with Crippen LogP contribution >= 0.6 is 12.2 Å². The standard InChI is InChI=1S/C20H23N3O6S2/c1-3-28-11-12-29-17-6-4-5-15(13-17)19(25)22-20(30)21-16-7-9-18(10-8-16)31(26,27)23-14(2)24/h4-10,13H,3,11-12H2,1-2H3,(H,23,24)(H2,21,22,25,30). The maximum absolute atomic E-state index is 12.4. The average molecular weight is 466 g/mol. The van der Waals surface area contributed by atoms with Gasteiger partial charge in [0.1, 0.15) is 12.4 Å². The molecular weight excluding hydrogens is 442 g/mol. The Kier molecular flexibility index (Phi) is 8.91. The number of hydrogen-bond acceptors (Lipinski definition) is 7. The first-order valence-corrected chi connectivity index (χ1v) is 11.2. The number of hydrogen-bond donors (Lipinski definition) is 3. The number of amides is 2. The molecule has 31 heavy (non-hydrogen) atoms. The molecule has 0 aromatic heterocycles. The molecule has 0 saturated heterocycles. The van der Waals surface area contributed by atoms with Crippen LogP contribution in [0, 0.1) is 0 Å². The Morgan fingerprint density at radius 1 is 1.06 bits per heavy atom. The summed E-state index contributed by atoms with van der Waals surface area (Å²) in [6.45, 7) is 4.42. The molecule has 166 valence electrons. The summed E-state index contributed by atoms with van der Waals surface area (Å²) in [6, 6.07) is 12.2. The van der Waals surface area contributed by atoms with Crippen LogP contribution in [-0.2, 0) is 19.6 Å². The fourth-order valence-corrected chi connectivity index (χ4v) is 3.59. The van der Waals surface area contributed by atoms with Crippen molar-refractivity contribution >= 4 is 44.9 Å². The molecule has 2 aromatic rings. The van der Waals surface area contributed by atoms with E-state index in [0.29, 0.717) is 36.8 Å². The molecule has 3 N–H and O–H groups in total. The quantitative estimate of drug-likeness (QED) is 0.380. The van der Waals surface area contributed by atoms with Crippen LogP contribution in [0.25, 0.3) is 0 Å². The zero-order chi connectivity index (χ0) is 22.9. The lowest BCUT2D eigenvalue weighted by atomic mass is 10.2. The van der Waals surface area contributed by atoms with E-state index >= 15 is 0 Å². The van der Waals surface area contributed by atoms with E-state index in [1.54, 1.807) is 24.3 Å². The van der Waals surface area contributed by atoms with Crippen LogP contribution in [-0.4, -0.2) is 45.2 Å². The molecular formula is C20H23N3O6S2. The van der Waals surface area contributed by atoms with E-state index in [0.717, 1.165) is 6.92 Å². The molecule has 11 heteroatoms. The monoisotopic (exact) mass is 465 g/mol. The van der Waals surface area contributed by atoms with Crippen molar-refractivity contribution in [3.63, 3.8) is 0 Å². The minimum Gasteiger partial charge on any atom is -0.491 e. The topological polar surface area (TPSA) is 123 Å². The van der Waals surface area contributed by atoms with E-state index in [2.05, 4.69) is 10.6 Å². The fourth-order valence-electron chi connectivity index (χ4n) is 2.39. The van der Waals surface area contributed by atoms with Gasteiger partial charge in [-0.05, 0) is 61.6 Å². The summed E-state index contributed by atoms with van der Waals surface area (Å²) in [5.41, 5.74) is 0.815. The Balaban J connectivity index is 1.94. The number of anilines is 1. The number of sulfonamides is 1. The van der Waals surface area contributed by atoms with E-state index in [4.69, 9.17) is 21.7 Å². The first-order valence-electron chi connectivity index (χ1n) is 9.27. The van der Waals surface area contributed by atoms with Gasteiger partial charge in [-0.1, -0.05) is 6.07 Å². The molecule has 0 saturated carbocycles. The van der Waals surface area contributed by atoms with Crippen molar-refractivity contribution in [1.82, 2.24) is 10.0 Å². The van der Waals surface area contributed by atoms with Crippen LogP contribution in [0.5, 0.6) is 5.75 Å². The Morgan fingerprint density at radius 2 is 1.77 bits per heavy atom. The molecule has 0 bridgehead atoms. The largest absolute Gasteiger partial charge is 0.491 e. The zero-order valence-corrected chi connectivity index (χ0v) is 18.6. The van der Waals surface area contributed by atoms with E-state index in [9.17, 15) is 18.0 Å². The van der Waals surface area contributed by atoms with Gasteiger partial charge in [-0.25, -0.2) is 13.1 Å². The number of thiocarbonyl (C=S) groups is 1. The second-order valence-electron chi connectivity index (χ2n) is 6.17. The van der Waals surface area contributed by atoms with Crippen LogP contribution in [0.2, 0.25) is 0 Å². The van der Waals surface area contributed by atoms with E-state index in [-0.39, 0.29) is 10.0 Å². The van der Waals surface area contributed by atoms with Gasteiger partial charge in [-0.3, -0.25) is 14.9 Å². The first kappa shape index (κ1) is 24.3. The van der Waals surface area contributed by atoms with Gasteiger partial charge in [0.25, 0.3) is 15.9 Å². The highest BCUT2D eigenvalue weighted by Gasteiger charge is 2.15. The first-order chi connectivity index (χ1) is 14.7. The zero-order valence-electron chi connectivity index (χ0n) is 17.0. The van der Waals surface area contributed by atoms with Gasteiger partial charge in [0.2, 0.25) is 5.91 Å². The Hall–Kier alpha value is -3.02. The fraction of sp³-hybridized carbons (Fsp3) is 0.250. The van der Waals surface area contributed by atoms with Crippen LogP contribution in [0.4, 0.5) is 5.69 Å². The molecule has 0 fully saturated rings. The summed E-state index contributed by atoms with van der Waals surface area (Å²) in [7, 11) is -3.92. The molecule has 2 aromatic carbocycles. The van der Waals surface area contributed by atoms with Crippen molar-refractivity contribution in [2.45, 2.75) is 18.7 Å². The third-order valence-electron chi connectivity index (χ3n) is 3.72. The minimum atomic E-state index is -3.92. The summed E-state index contributed by atoms with van der Waals surface area (Å²) in [4.78, 5) is 23.3. The highest BCUT2D eigenvalue weighted by molar-refractivity contribution is 7.90. The molecule has 0 radical (unpaired) electrons. The minimum absolute atomic E-state index is 0.0325. The molecule has 2 amide bonds. The number of benzene rings is 2. The highest BCUT2D eigenvalue weighted by Crippen LogP contribution is 2.15. The van der Waals surface area contributed by atoms with Gasteiger partial charge in [-0.2, -0.15) is 0 Å². The highest BCUT2D eigenvalue weighted by atomic mass is 32.2. The van der Waals surface area contributed by atoms with Gasteiger partial charge in [0, 0.05) is 24.8 Å². The normalized spacial score (nSPS) is 10.8. The van der Waals surface area contributed by atoms with Crippen molar-refractivity contribution in [3.8, 4) is 5.75 Å². The van der Waals surface area contributed by atoms with Crippen LogP contribution in [0.15, 0.2) is 53.4 Å². The predicted octanol–water partition coefficient (Wildman–Crippen LogP) is 2.05. The van der Waals surface area contributed by atoms with Gasteiger partial charge >= 0.3 is 0 Å². The van der Waals surface area contributed by atoms with Crippen LogP contribution < -0.4 is 20.1 Å². The molecule has 0 aliphatic carbocycles. The summed E-state index contributed by atoms with van der Waals surface area (Å²) in [5, 5.41) is 5.37. The van der Waals surface area contributed by atoms with Gasteiger partial charge in [0.05, 0.1) is 11.5 Å². The predicted molar refractivity (Wildman–Crippen MR) is 120 cm³/mol. The summed E-state index contributed by atoms with van der Waals surface area (Å²) in [6.07, 6.45) is 0. The van der Waals surface area contributed by atoms with Crippen LogP contribution in [0.3, 0.4) is 0 Å². The van der Waals surface area contributed by atoms with Crippen molar-refractivity contribution < 1.29 is 27.5 Å². The molecule has 2 rings (SSSR count).